The van der Waals surface area contributed by atoms with Crippen LogP contribution in [-0.2, 0) is 9.16 Å². The largest absolute Gasteiger partial charge is 0.412 e. The lowest BCUT2D eigenvalue weighted by atomic mass is 9.94. The highest BCUT2D eigenvalue weighted by Gasteiger charge is 2.40. The van der Waals surface area contributed by atoms with E-state index in [0.717, 1.165) is 6.42 Å². The molecule has 0 radical (unpaired) electrons. The summed E-state index contributed by atoms with van der Waals surface area (Å²) < 4.78 is 12.3. The van der Waals surface area contributed by atoms with Gasteiger partial charge in [-0.15, -0.1) is 0 Å². The molecule has 0 amide bonds. The van der Waals surface area contributed by atoms with Crippen LogP contribution in [0.1, 0.15) is 54.9 Å². The summed E-state index contributed by atoms with van der Waals surface area (Å²) in [6.45, 7) is 20.1. The molecule has 0 bridgehead atoms. The molecule has 0 aliphatic carbocycles. The average molecular weight is 345 g/mol. The highest BCUT2D eigenvalue weighted by atomic mass is 28.4. The van der Waals surface area contributed by atoms with Crippen LogP contribution in [0.15, 0.2) is 11.6 Å². The topological polar surface area (TPSA) is 38.7 Å². The number of ether oxygens (including phenoxy) is 1. The van der Waals surface area contributed by atoms with E-state index in [1.807, 2.05) is 0 Å². The molecule has 4 atom stereocenters. The summed E-state index contributed by atoms with van der Waals surface area (Å²) in [5.74, 6) is 0.589. The fourth-order valence-electron chi connectivity index (χ4n) is 2.77. The molecular formula is C19H40O3Si. The van der Waals surface area contributed by atoms with Crippen LogP contribution in [0.4, 0.5) is 0 Å². The highest BCUT2D eigenvalue weighted by Crippen LogP contribution is 2.38. The number of hydrogen-bond acceptors (Lipinski definition) is 3. The summed E-state index contributed by atoms with van der Waals surface area (Å²) in [5, 5.41) is 9.40. The van der Waals surface area contributed by atoms with Crippen molar-refractivity contribution in [2.24, 2.45) is 11.8 Å². The van der Waals surface area contributed by atoms with Crippen molar-refractivity contribution in [3.05, 3.63) is 11.6 Å². The normalized spacial score (nSPS) is 19.3. The van der Waals surface area contributed by atoms with Gasteiger partial charge in [0.1, 0.15) is 0 Å². The third-order valence-electron chi connectivity index (χ3n) is 5.07. The van der Waals surface area contributed by atoms with Gasteiger partial charge in [0.2, 0.25) is 0 Å². The quantitative estimate of drug-likeness (QED) is 0.472. The van der Waals surface area contributed by atoms with Gasteiger partial charge in [0.15, 0.2) is 8.32 Å². The molecule has 0 heterocycles. The van der Waals surface area contributed by atoms with Crippen molar-refractivity contribution in [3.63, 3.8) is 0 Å². The second kappa shape index (κ2) is 9.35. The van der Waals surface area contributed by atoms with E-state index in [1.165, 1.54) is 5.57 Å². The first-order valence-corrected chi connectivity index (χ1v) is 11.7. The Morgan fingerprint density at radius 2 is 1.70 bits per heavy atom. The lowest BCUT2D eigenvalue weighted by Gasteiger charge is -2.41. The van der Waals surface area contributed by atoms with E-state index in [9.17, 15) is 5.11 Å². The van der Waals surface area contributed by atoms with Gasteiger partial charge < -0.3 is 14.3 Å². The first kappa shape index (κ1) is 22.8. The Morgan fingerprint density at radius 1 is 1.17 bits per heavy atom. The van der Waals surface area contributed by atoms with Gasteiger partial charge in [0.05, 0.1) is 12.2 Å². The minimum absolute atomic E-state index is 0.0449. The van der Waals surface area contributed by atoms with E-state index < -0.39 is 8.32 Å². The second-order valence-corrected chi connectivity index (χ2v) is 13.4. The van der Waals surface area contributed by atoms with Gasteiger partial charge >= 0.3 is 0 Å². The Morgan fingerprint density at radius 3 is 2.09 bits per heavy atom. The molecule has 0 aliphatic rings. The first-order chi connectivity index (χ1) is 10.4. The van der Waals surface area contributed by atoms with Gasteiger partial charge in [-0.3, -0.25) is 0 Å². The molecule has 0 aromatic heterocycles. The minimum atomic E-state index is -1.80. The van der Waals surface area contributed by atoms with Gasteiger partial charge in [0.25, 0.3) is 0 Å². The standard InChI is InChI=1S/C19H40O3Si/c1-14(11-15(2)13-20)12-16(3)18(21-8)17(4)22-23(9,10)19(5,6)7/h12,15-18,20H,11,13H2,1-10H3/b14-12+/t15-,16-,17+,18+/m0/s1. The van der Waals surface area contributed by atoms with E-state index in [0.29, 0.717) is 5.92 Å². The van der Waals surface area contributed by atoms with Crippen LogP contribution in [0, 0.1) is 11.8 Å². The predicted molar refractivity (Wildman–Crippen MR) is 102 cm³/mol. The average Bonchev–Trinajstić information content (AvgIpc) is 2.36. The summed E-state index contributed by atoms with van der Waals surface area (Å²) in [7, 11) is -0.0285. The van der Waals surface area contributed by atoms with Crippen molar-refractivity contribution in [2.75, 3.05) is 13.7 Å². The van der Waals surface area contributed by atoms with Crippen molar-refractivity contribution in [3.8, 4) is 0 Å². The highest BCUT2D eigenvalue weighted by molar-refractivity contribution is 6.74. The fraction of sp³-hybridized carbons (Fsp3) is 0.895. The molecule has 0 spiro atoms. The van der Waals surface area contributed by atoms with Gasteiger partial charge in [-0.25, -0.2) is 0 Å². The monoisotopic (exact) mass is 344 g/mol. The van der Waals surface area contributed by atoms with Crippen molar-refractivity contribution in [2.45, 2.75) is 85.2 Å². The third-order valence-corrected chi connectivity index (χ3v) is 9.64. The molecule has 0 unspecified atom stereocenters. The smallest absolute Gasteiger partial charge is 0.192 e. The van der Waals surface area contributed by atoms with Crippen LogP contribution < -0.4 is 0 Å². The molecule has 23 heavy (non-hydrogen) atoms. The Hall–Kier alpha value is -0.163. The van der Waals surface area contributed by atoms with E-state index in [1.54, 1.807) is 7.11 Å². The van der Waals surface area contributed by atoms with Crippen LogP contribution >= 0.6 is 0 Å². The zero-order chi connectivity index (χ0) is 18.4. The van der Waals surface area contributed by atoms with Crippen molar-refractivity contribution >= 4 is 8.32 Å². The molecule has 0 aromatic carbocycles. The number of aliphatic hydroxyl groups is 1. The van der Waals surface area contributed by atoms with Crippen LogP contribution in [0.3, 0.4) is 0 Å². The number of aliphatic hydroxyl groups excluding tert-OH is 1. The third kappa shape index (κ3) is 7.51. The van der Waals surface area contributed by atoms with Crippen LogP contribution in [0.5, 0.6) is 0 Å². The summed E-state index contributed by atoms with van der Waals surface area (Å²) in [6, 6.07) is 0. The summed E-state index contributed by atoms with van der Waals surface area (Å²) in [5.41, 5.74) is 1.31. The predicted octanol–water partition coefficient (Wildman–Crippen LogP) is 5.01. The molecule has 3 nitrogen and oxygen atoms in total. The molecule has 0 saturated carbocycles. The molecule has 0 rings (SSSR count). The Bertz CT molecular complexity index is 371. The van der Waals surface area contributed by atoms with Crippen LogP contribution in [-0.4, -0.2) is 39.3 Å². The number of rotatable bonds is 9. The first-order valence-electron chi connectivity index (χ1n) is 8.84. The minimum Gasteiger partial charge on any atom is -0.412 e. The zero-order valence-corrected chi connectivity index (χ0v) is 18.1. The second-order valence-electron chi connectivity index (χ2n) is 8.65. The zero-order valence-electron chi connectivity index (χ0n) is 17.1. The Labute approximate surface area is 145 Å². The molecule has 0 aromatic rings. The van der Waals surface area contributed by atoms with Crippen molar-refractivity contribution < 1.29 is 14.3 Å². The van der Waals surface area contributed by atoms with Gasteiger partial charge in [-0.05, 0) is 44.3 Å². The number of methoxy groups -OCH3 is 1. The van der Waals surface area contributed by atoms with Crippen molar-refractivity contribution in [1.82, 2.24) is 0 Å². The van der Waals surface area contributed by atoms with E-state index in [2.05, 4.69) is 67.6 Å². The molecule has 0 saturated heterocycles. The number of hydrogen-bond donors (Lipinski definition) is 1. The van der Waals surface area contributed by atoms with Crippen molar-refractivity contribution in [1.29, 1.82) is 0 Å². The molecule has 0 fully saturated rings. The van der Waals surface area contributed by atoms with Crippen LogP contribution in [0.2, 0.25) is 18.1 Å². The maximum atomic E-state index is 9.20. The molecular weight excluding hydrogens is 304 g/mol. The lowest BCUT2D eigenvalue weighted by Crippen LogP contribution is -2.47. The fourth-order valence-corrected chi connectivity index (χ4v) is 4.19. The van der Waals surface area contributed by atoms with Gasteiger partial charge in [-0.2, -0.15) is 0 Å². The van der Waals surface area contributed by atoms with Gasteiger partial charge in [-0.1, -0.05) is 46.3 Å². The maximum absolute atomic E-state index is 9.20. The maximum Gasteiger partial charge on any atom is 0.192 e. The van der Waals surface area contributed by atoms with E-state index in [-0.39, 0.29) is 29.8 Å². The summed E-state index contributed by atoms with van der Waals surface area (Å²) in [4.78, 5) is 0. The lowest BCUT2D eigenvalue weighted by molar-refractivity contribution is -0.0162. The molecule has 0 aliphatic heterocycles. The number of allylic oxidation sites excluding steroid dienone is 1. The van der Waals surface area contributed by atoms with Gasteiger partial charge in [0, 0.05) is 19.6 Å². The Kier molecular flexibility index (Phi) is 9.29. The van der Waals surface area contributed by atoms with E-state index in [4.69, 9.17) is 9.16 Å². The summed E-state index contributed by atoms with van der Waals surface area (Å²) in [6.07, 6.45) is 3.30. The molecule has 138 valence electrons. The van der Waals surface area contributed by atoms with E-state index >= 15 is 0 Å². The SMILES string of the molecule is CO[C@H]([C@@H](C)/C=C(\C)C[C@H](C)CO)[C@@H](C)O[Si](C)(C)C(C)(C)C. The van der Waals surface area contributed by atoms with Crippen LogP contribution in [0.25, 0.3) is 0 Å². The molecule has 4 heteroatoms. The molecule has 1 N–H and O–H groups in total. The summed E-state index contributed by atoms with van der Waals surface area (Å²) >= 11 is 0. The Balaban J connectivity index is 4.96.